The highest BCUT2D eigenvalue weighted by Gasteiger charge is 2.38. The Kier molecular flexibility index (Phi) is 3.87. The molecule has 0 spiro atoms. The number of hydrogen-bond donors (Lipinski definition) is 1. The number of nitrogens with one attached hydrogen (secondary N) is 1. The molecule has 4 aromatic carbocycles. The number of benzene rings is 4. The average Bonchev–Trinajstić information content (AvgIpc) is 2.94. The lowest BCUT2D eigenvalue weighted by Gasteiger charge is -2.20. The Bertz CT molecular complexity index is 1380. The molecule has 1 N–H and O–H groups in total. The van der Waals surface area contributed by atoms with Crippen molar-refractivity contribution in [3.8, 4) is 0 Å². The molecule has 2 nitrogen and oxygen atoms in total. The lowest BCUT2D eigenvalue weighted by molar-refractivity contribution is 0.103. The van der Waals surface area contributed by atoms with Gasteiger partial charge in [0.25, 0.3) is 0 Å². The van der Waals surface area contributed by atoms with Gasteiger partial charge in [0.15, 0.2) is 5.78 Å². The van der Waals surface area contributed by atoms with Crippen molar-refractivity contribution in [2.24, 2.45) is 0 Å². The van der Waals surface area contributed by atoms with E-state index < -0.39 is 0 Å². The Balaban J connectivity index is 1.65. The van der Waals surface area contributed by atoms with E-state index in [9.17, 15) is 4.79 Å². The van der Waals surface area contributed by atoms with E-state index in [1.807, 2.05) is 30.3 Å². The molecule has 0 radical (unpaired) electrons. The van der Waals surface area contributed by atoms with E-state index >= 15 is 0 Å². The number of aryl methyl sites for hydroxylation is 1. The normalized spacial score (nSPS) is 17.2. The van der Waals surface area contributed by atoms with Crippen molar-refractivity contribution >= 4 is 39.7 Å². The van der Waals surface area contributed by atoms with Gasteiger partial charge in [0, 0.05) is 21.6 Å². The zero-order valence-electron chi connectivity index (χ0n) is 16.5. The number of hydrogen-bond acceptors (Lipinski definition) is 3. The highest BCUT2D eigenvalue weighted by Crippen LogP contribution is 2.53. The molecule has 2 aliphatic rings. The summed E-state index contributed by atoms with van der Waals surface area (Å²) < 4.78 is 0. The third kappa shape index (κ3) is 2.49. The van der Waals surface area contributed by atoms with Gasteiger partial charge in [0.05, 0.1) is 16.6 Å². The summed E-state index contributed by atoms with van der Waals surface area (Å²) in [4.78, 5) is 14.8. The van der Waals surface area contributed by atoms with Gasteiger partial charge in [0.2, 0.25) is 0 Å². The molecule has 1 aliphatic carbocycles. The smallest absolute Gasteiger partial charge is 0.193 e. The van der Waals surface area contributed by atoms with Crippen molar-refractivity contribution in [3.05, 3.63) is 113 Å². The van der Waals surface area contributed by atoms with Crippen molar-refractivity contribution in [2.75, 3.05) is 5.32 Å². The number of anilines is 1. The first-order chi connectivity index (χ1) is 14.7. The monoisotopic (exact) mass is 405 g/mol. The predicted molar refractivity (Wildman–Crippen MR) is 125 cm³/mol. The largest absolute Gasteiger partial charge is 0.354 e. The number of rotatable bonds is 1. The molecule has 0 aromatic heterocycles. The van der Waals surface area contributed by atoms with E-state index in [0.29, 0.717) is 0 Å². The molecule has 3 heteroatoms. The molecule has 0 amide bonds. The van der Waals surface area contributed by atoms with E-state index in [4.69, 9.17) is 0 Å². The number of para-hydroxylation sites is 1. The number of carbonyl (C=O) groups is 1. The van der Waals surface area contributed by atoms with Gasteiger partial charge < -0.3 is 5.32 Å². The van der Waals surface area contributed by atoms with E-state index in [0.717, 1.165) is 33.0 Å². The molecule has 0 bridgehead atoms. The highest BCUT2D eigenvalue weighted by molar-refractivity contribution is 8.00. The van der Waals surface area contributed by atoms with E-state index in [2.05, 4.69) is 66.8 Å². The molecule has 6 rings (SSSR count). The molecule has 4 aromatic rings. The second-order valence-corrected chi connectivity index (χ2v) is 8.95. The minimum absolute atomic E-state index is 0.0819. The van der Waals surface area contributed by atoms with Gasteiger partial charge in [-0.25, -0.2) is 0 Å². The molecule has 1 atom stereocenters. The molecule has 144 valence electrons. The summed E-state index contributed by atoms with van der Waals surface area (Å²) in [5.41, 5.74) is 7.08. The van der Waals surface area contributed by atoms with Crippen LogP contribution in [0.3, 0.4) is 0 Å². The number of fused-ring (bicyclic) bond motifs is 4. The first kappa shape index (κ1) is 17.5. The maximum Gasteiger partial charge on any atom is 0.193 e. The zero-order chi connectivity index (χ0) is 20.2. The number of thioether (sulfide) groups is 1. The number of Topliss-reactive ketones (excluding diaryl/α,β-unsaturated/α-hetero) is 1. The molecule has 1 heterocycles. The van der Waals surface area contributed by atoms with Gasteiger partial charge in [-0.1, -0.05) is 72.8 Å². The van der Waals surface area contributed by atoms with E-state index in [-0.39, 0.29) is 11.0 Å². The summed E-state index contributed by atoms with van der Waals surface area (Å²) in [6, 6.07) is 29.1. The fraction of sp³-hybridized carbons (Fsp3) is 0.0741. The Morgan fingerprint density at radius 1 is 0.767 bits per heavy atom. The highest BCUT2D eigenvalue weighted by atomic mass is 32.2. The average molecular weight is 406 g/mol. The summed E-state index contributed by atoms with van der Waals surface area (Å²) in [5, 5.41) is 5.98. The quantitative estimate of drug-likeness (QED) is 0.369. The van der Waals surface area contributed by atoms with Crippen LogP contribution >= 0.6 is 11.8 Å². The topological polar surface area (TPSA) is 29.1 Å². The molecule has 0 fully saturated rings. The second-order valence-electron chi connectivity index (χ2n) is 7.80. The molecular formula is C27H19NOS. The standard InChI is InChI=1S/C27H19NOS/c1-16-14-15-21(18-9-3-2-8-17(16)18)27-24-25(19-10-4-5-11-20(19)26(24)29)28-22-12-6-7-13-23(22)30-27/h2-15,27-28H,1H3/t27-/m1/s1. The molecule has 0 saturated heterocycles. The predicted octanol–water partition coefficient (Wildman–Crippen LogP) is 7.01. The van der Waals surface area contributed by atoms with Crippen LogP contribution in [0, 0.1) is 6.92 Å². The van der Waals surface area contributed by atoms with Crippen molar-refractivity contribution in [2.45, 2.75) is 17.1 Å². The lowest BCUT2D eigenvalue weighted by atomic mass is 9.94. The number of carbonyl (C=O) groups excluding carboxylic acids is 1. The van der Waals surface area contributed by atoms with Crippen LogP contribution in [0.25, 0.3) is 16.5 Å². The van der Waals surface area contributed by atoms with Crippen molar-refractivity contribution in [1.82, 2.24) is 0 Å². The van der Waals surface area contributed by atoms with Crippen LogP contribution in [0.15, 0.2) is 95.4 Å². The van der Waals surface area contributed by atoms with Crippen LogP contribution < -0.4 is 5.32 Å². The van der Waals surface area contributed by atoms with Crippen molar-refractivity contribution in [3.63, 3.8) is 0 Å². The van der Waals surface area contributed by atoms with Crippen LogP contribution in [-0.4, -0.2) is 5.78 Å². The zero-order valence-corrected chi connectivity index (χ0v) is 17.3. The van der Waals surface area contributed by atoms with Gasteiger partial charge in [-0.15, -0.1) is 11.8 Å². The third-order valence-corrected chi connectivity index (χ3v) is 7.40. The summed E-state index contributed by atoms with van der Waals surface area (Å²) in [6.45, 7) is 2.14. The second kappa shape index (κ2) is 6.61. The molecule has 0 saturated carbocycles. The van der Waals surface area contributed by atoms with E-state index in [1.165, 1.54) is 21.9 Å². The maximum atomic E-state index is 13.6. The Hall–Kier alpha value is -3.30. The molecule has 1 aliphatic heterocycles. The molecule has 30 heavy (non-hydrogen) atoms. The summed E-state index contributed by atoms with van der Waals surface area (Å²) in [6.07, 6.45) is 0. The van der Waals surface area contributed by atoms with Crippen LogP contribution in [0.4, 0.5) is 5.69 Å². The van der Waals surface area contributed by atoms with Crippen molar-refractivity contribution < 1.29 is 4.79 Å². The minimum Gasteiger partial charge on any atom is -0.354 e. The number of ketones is 1. The summed E-state index contributed by atoms with van der Waals surface area (Å²) in [5.74, 6) is 0.128. The van der Waals surface area contributed by atoms with Gasteiger partial charge in [0.1, 0.15) is 0 Å². The van der Waals surface area contributed by atoms with Crippen LogP contribution in [0.1, 0.15) is 32.3 Å². The summed E-state index contributed by atoms with van der Waals surface area (Å²) in [7, 11) is 0. The fourth-order valence-electron chi connectivity index (χ4n) is 4.60. The van der Waals surface area contributed by atoms with Crippen LogP contribution in [0.2, 0.25) is 0 Å². The molecular weight excluding hydrogens is 386 g/mol. The van der Waals surface area contributed by atoms with Crippen molar-refractivity contribution in [1.29, 1.82) is 0 Å². The van der Waals surface area contributed by atoms with E-state index in [1.54, 1.807) is 11.8 Å². The van der Waals surface area contributed by atoms with Gasteiger partial charge in [-0.05, 0) is 41.0 Å². The first-order valence-electron chi connectivity index (χ1n) is 10.1. The maximum absolute atomic E-state index is 13.6. The minimum atomic E-state index is -0.0819. The Morgan fingerprint density at radius 3 is 2.33 bits per heavy atom. The summed E-state index contributed by atoms with van der Waals surface area (Å²) >= 11 is 1.76. The van der Waals surface area contributed by atoms with Gasteiger partial charge in [-0.2, -0.15) is 0 Å². The van der Waals surface area contributed by atoms with Gasteiger partial charge >= 0.3 is 0 Å². The third-order valence-electron chi connectivity index (χ3n) is 6.07. The fourth-order valence-corrected chi connectivity index (χ4v) is 5.93. The Morgan fingerprint density at radius 2 is 1.47 bits per heavy atom. The first-order valence-corrected chi connectivity index (χ1v) is 11.0. The lowest BCUT2D eigenvalue weighted by Crippen LogP contribution is -2.08. The van der Waals surface area contributed by atoms with Crippen LogP contribution in [-0.2, 0) is 0 Å². The SMILES string of the molecule is Cc1ccc([C@H]2Sc3ccccc3NC3=C2C(=O)c2ccccc23)c2ccccc12. The van der Waals surface area contributed by atoms with Gasteiger partial charge in [-0.3, -0.25) is 4.79 Å². The Labute approximate surface area is 179 Å². The molecule has 0 unspecified atom stereocenters. The van der Waals surface area contributed by atoms with Crippen LogP contribution in [0.5, 0.6) is 0 Å².